The molecular weight excluding hydrogens is 540 g/mol. The molecule has 2 saturated heterocycles. The van der Waals surface area contributed by atoms with Gasteiger partial charge in [0.05, 0.1) is 29.4 Å². The van der Waals surface area contributed by atoms with E-state index in [9.17, 15) is 10.1 Å². The van der Waals surface area contributed by atoms with Gasteiger partial charge in [-0.3, -0.25) is 4.79 Å². The van der Waals surface area contributed by atoms with Crippen LogP contribution >= 0.6 is 0 Å². The number of nitriles is 1. The Labute approximate surface area is 253 Å². The lowest BCUT2D eigenvalue weighted by Crippen LogP contribution is -2.44. The molecule has 2 fully saturated rings. The Morgan fingerprint density at radius 3 is 2.53 bits per heavy atom. The maximum atomic E-state index is 12.4. The third-order valence-electron chi connectivity index (χ3n) is 7.90. The van der Waals surface area contributed by atoms with E-state index >= 15 is 0 Å². The third kappa shape index (κ3) is 7.24. The highest BCUT2D eigenvalue weighted by Crippen LogP contribution is 2.36. The molecule has 3 heterocycles. The summed E-state index contributed by atoms with van der Waals surface area (Å²) < 4.78 is 5.93. The van der Waals surface area contributed by atoms with Crippen molar-refractivity contribution in [3.8, 4) is 11.8 Å². The number of anilines is 6. The predicted octanol–water partition coefficient (Wildman–Crippen LogP) is 6.12. The van der Waals surface area contributed by atoms with Crippen LogP contribution in [-0.2, 0) is 4.79 Å². The van der Waals surface area contributed by atoms with Gasteiger partial charge in [0.25, 0.3) is 0 Å². The van der Waals surface area contributed by atoms with Gasteiger partial charge in [0.2, 0.25) is 11.9 Å². The van der Waals surface area contributed by atoms with E-state index in [0.29, 0.717) is 34.7 Å². The van der Waals surface area contributed by atoms with Crippen molar-refractivity contribution in [3.05, 3.63) is 66.4 Å². The maximum Gasteiger partial charge on any atom is 0.247 e. The van der Waals surface area contributed by atoms with E-state index in [1.807, 2.05) is 50.2 Å². The molecular formula is C33H40N8O2. The number of nitrogens with one attached hydrogen (secondary N) is 3. The normalized spacial score (nSPS) is 15.7. The summed E-state index contributed by atoms with van der Waals surface area (Å²) in [5, 5.41) is 19.2. The molecule has 5 rings (SSSR count). The highest BCUT2D eigenvalue weighted by atomic mass is 16.5. The number of aromatic nitrogens is 2. The van der Waals surface area contributed by atoms with Crippen molar-refractivity contribution < 1.29 is 9.53 Å². The van der Waals surface area contributed by atoms with Crippen LogP contribution in [0.2, 0.25) is 0 Å². The van der Waals surface area contributed by atoms with Crippen molar-refractivity contribution in [3.63, 3.8) is 0 Å². The summed E-state index contributed by atoms with van der Waals surface area (Å²) in [6.45, 7) is 14.0. The zero-order valence-electron chi connectivity index (χ0n) is 25.2. The van der Waals surface area contributed by atoms with E-state index in [2.05, 4.69) is 55.3 Å². The lowest BCUT2D eigenvalue weighted by molar-refractivity contribution is -0.111. The number of benzene rings is 2. The molecule has 0 bridgehead atoms. The van der Waals surface area contributed by atoms with Crippen LogP contribution in [0.25, 0.3) is 0 Å². The smallest absolute Gasteiger partial charge is 0.247 e. The predicted molar refractivity (Wildman–Crippen MR) is 172 cm³/mol. The summed E-state index contributed by atoms with van der Waals surface area (Å²) in [5.41, 5.74) is 4.38. The van der Waals surface area contributed by atoms with E-state index in [1.54, 1.807) is 0 Å². The largest absolute Gasteiger partial charge is 0.489 e. The third-order valence-corrected chi connectivity index (χ3v) is 7.90. The summed E-state index contributed by atoms with van der Waals surface area (Å²) >= 11 is 0. The lowest BCUT2D eigenvalue weighted by atomic mass is 10.0. The molecule has 0 radical (unpaired) electrons. The zero-order valence-corrected chi connectivity index (χ0v) is 25.2. The first-order valence-corrected chi connectivity index (χ1v) is 15.0. The molecule has 2 aliphatic heterocycles. The first-order chi connectivity index (χ1) is 20.8. The molecule has 1 amide bonds. The van der Waals surface area contributed by atoms with Gasteiger partial charge in [-0.05, 0) is 95.4 Å². The van der Waals surface area contributed by atoms with Crippen molar-refractivity contribution in [1.29, 1.82) is 5.26 Å². The molecule has 2 aromatic carbocycles. The second kappa shape index (κ2) is 13.6. The fourth-order valence-electron chi connectivity index (χ4n) is 5.80. The SMILES string of the molecule is C=CC(=O)Nc1cc(N2CCC(N3CCCC3)CC2)c(C)cc1Nc1ncc(C#N)c(Nc2ccccc2OC(C)C)n1. The van der Waals surface area contributed by atoms with E-state index in [0.717, 1.165) is 37.2 Å². The number of nitrogens with zero attached hydrogens (tertiary/aromatic N) is 5. The first kappa shape index (κ1) is 29.9. The van der Waals surface area contributed by atoms with Crippen LogP contribution in [0.4, 0.5) is 34.5 Å². The molecule has 43 heavy (non-hydrogen) atoms. The number of piperidine rings is 1. The van der Waals surface area contributed by atoms with Gasteiger partial charge >= 0.3 is 0 Å². The highest BCUT2D eigenvalue weighted by molar-refractivity contribution is 6.02. The molecule has 3 aromatic rings. The van der Waals surface area contributed by atoms with Gasteiger partial charge in [-0.15, -0.1) is 0 Å². The Hall–Kier alpha value is -4.62. The van der Waals surface area contributed by atoms with E-state index < -0.39 is 0 Å². The van der Waals surface area contributed by atoms with Gasteiger partial charge in [0.1, 0.15) is 17.4 Å². The van der Waals surface area contributed by atoms with Crippen molar-refractivity contribution in [1.82, 2.24) is 14.9 Å². The molecule has 0 atom stereocenters. The average molecular weight is 581 g/mol. The van der Waals surface area contributed by atoms with Gasteiger partial charge in [-0.1, -0.05) is 18.7 Å². The number of hydrogen-bond acceptors (Lipinski definition) is 9. The molecule has 0 spiro atoms. The Bertz CT molecular complexity index is 1500. The summed E-state index contributed by atoms with van der Waals surface area (Å²) in [6, 6.07) is 14.3. The van der Waals surface area contributed by atoms with E-state index in [-0.39, 0.29) is 23.5 Å². The Morgan fingerprint density at radius 2 is 1.84 bits per heavy atom. The summed E-state index contributed by atoms with van der Waals surface area (Å²) in [6.07, 6.45) is 7.58. The molecule has 0 saturated carbocycles. The van der Waals surface area contributed by atoms with Crippen LogP contribution in [0, 0.1) is 18.3 Å². The minimum atomic E-state index is -0.310. The quantitative estimate of drug-likeness (QED) is 0.244. The van der Waals surface area contributed by atoms with Crippen LogP contribution in [0.5, 0.6) is 5.75 Å². The molecule has 0 unspecified atom stereocenters. The van der Waals surface area contributed by atoms with Gasteiger partial charge in [-0.25, -0.2) is 4.98 Å². The lowest BCUT2D eigenvalue weighted by Gasteiger charge is -2.38. The molecule has 2 aliphatic rings. The van der Waals surface area contributed by atoms with Crippen molar-refractivity contribution in [2.45, 2.75) is 58.6 Å². The van der Waals surface area contributed by atoms with E-state index in [1.165, 1.54) is 38.2 Å². The number of amides is 1. The van der Waals surface area contributed by atoms with Crippen LogP contribution in [-0.4, -0.2) is 59.1 Å². The van der Waals surface area contributed by atoms with Crippen LogP contribution in [0.15, 0.2) is 55.3 Å². The highest BCUT2D eigenvalue weighted by Gasteiger charge is 2.27. The number of para-hydroxylation sites is 2. The van der Waals surface area contributed by atoms with Crippen molar-refractivity contribution >= 4 is 40.4 Å². The first-order valence-electron chi connectivity index (χ1n) is 15.0. The summed E-state index contributed by atoms with van der Waals surface area (Å²) in [4.78, 5) is 26.5. The number of carbonyl (C=O) groups is 1. The number of hydrogen-bond donors (Lipinski definition) is 3. The average Bonchev–Trinajstić information content (AvgIpc) is 3.55. The molecule has 10 heteroatoms. The van der Waals surface area contributed by atoms with Gasteiger partial charge in [0, 0.05) is 24.8 Å². The number of ether oxygens (including phenoxy) is 1. The minimum absolute atomic E-state index is 0.0205. The van der Waals surface area contributed by atoms with E-state index in [4.69, 9.17) is 4.74 Å². The maximum absolute atomic E-state index is 12.4. The second-order valence-electron chi connectivity index (χ2n) is 11.3. The number of aryl methyl sites for hydroxylation is 1. The molecule has 10 nitrogen and oxygen atoms in total. The zero-order chi connectivity index (χ0) is 30.3. The van der Waals surface area contributed by atoms with Crippen molar-refractivity contribution in [2.75, 3.05) is 47.0 Å². The second-order valence-corrected chi connectivity index (χ2v) is 11.3. The monoisotopic (exact) mass is 580 g/mol. The molecule has 1 aromatic heterocycles. The molecule has 0 aliphatic carbocycles. The van der Waals surface area contributed by atoms with Gasteiger partial charge in [0.15, 0.2) is 5.82 Å². The Kier molecular flexibility index (Phi) is 9.42. The summed E-state index contributed by atoms with van der Waals surface area (Å²) in [7, 11) is 0. The summed E-state index contributed by atoms with van der Waals surface area (Å²) in [5.74, 6) is 0.956. The van der Waals surface area contributed by atoms with Crippen LogP contribution in [0.1, 0.15) is 50.7 Å². The van der Waals surface area contributed by atoms with Crippen molar-refractivity contribution in [2.24, 2.45) is 0 Å². The number of rotatable bonds is 10. The van der Waals surface area contributed by atoms with Gasteiger partial charge in [-0.2, -0.15) is 10.2 Å². The van der Waals surface area contributed by atoms with Crippen LogP contribution in [0.3, 0.4) is 0 Å². The molecule has 3 N–H and O–H groups in total. The number of likely N-dealkylation sites (tertiary alicyclic amines) is 1. The van der Waals surface area contributed by atoms with Gasteiger partial charge < -0.3 is 30.5 Å². The minimum Gasteiger partial charge on any atom is -0.489 e. The fourth-order valence-corrected chi connectivity index (χ4v) is 5.80. The fraction of sp³-hybridized carbons (Fsp3) is 0.394. The van der Waals surface area contributed by atoms with Crippen LogP contribution < -0.4 is 25.6 Å². The topological polar surface area (TPSA) is 118 Å². The molecule has 224 valence electrons. The Morgan fingerprint density at radius 1 is 1.09 bits per heavy atom. The Balaban J connectivity index is 1.40. The standard InChI is InChI=1S/C33H40N8O2/c1-5-31(42)36-28-19-29(41-16-12-25(13-17-41)40-14-8-9-15-40)23(4)18-27(28)38-33-35-21-24(20-34)32(39-33)37-26-10-6-7-11-30(26)43-22(2)3/h5-7,10-11,18-19,21-22,25H,1,8-9,12-17H2,2-4H3,(H,36,42)(H2,35,37,38,39). The number of carbonyl (C=O) groups excluding carboxylic acids is 1.